The van der Waals surface area contributed by atoms with Gasteiger partial charge in [0.2, 0.25) is 5.91 Å². The summed E-state index contributed by atoms with van der Waals surface area (Å²) in [6.07, 6.45) is 0.522. The van der Waals surface area contributed by atoms with Crippen LogP contribution in [-0.4, -0.2) is 45.5 Å². The number of aromatic nitrogens is 2. The molecule has 0 saturated heterocycles. The molecular formula is C24H24N4O5. The van der Waals surface area contributed by atoms with Crippen LogP contribution in [0.2, 0.25) is 0 Å². The largest absolute Gasteiger partial charge is 0.478 e. The number of nitrogens with zero attached hydrogens (tertiary/aromatic N) is 2. The number of alkyl carbamates (subject to hydrolysis) is 1. The molecule has 0 radical (unpaired) electrons. The fraction of sp³-hybridized carbons (Fsp3) is 0.250. The fourth-order valence-corrected chi connectivity index (χ4v) is 4.06. The molecule has 2 amide bonds. The second-order valence-corrected chi connectivity index (χ2v) is 7.84. The topological polar surface area (TPSA) is 123 Å². The maximum Gasteiger partial charge on any atom is 0.407 e. The maximum absolute atomic E-state index is 12.4. The normalized spacial score (nSPS) is 13.0. The first-order valence-electron chi connectivity index (χ1n) is 10.5. The van der Waals surface area contributed by atoms with Crippen LogP contribution in [0.4, 0.5) is 4.79 Å². The molecule has 3 aromatic rings. The lowest BCUT2D eigenvalue weighted by molar-refractivity contribution is -0.122. The van der Waals surface area contributed by atoms with Crippen LogP contribution in [-0.2, 0) is 23.1 Å². The van der Waals surface area contributed by atoms with Crippen molar-refractivity contribution in [3.8, 4) is 11.1 Å². The first-order chi connectivity index (χ1) is 15.9. The van der Waals surface area contributed by atoms with Crippen molar-refractivity contribution in [2.24, 2.45) is 7.05 Å². The fourth-order valence-electron chi connectivity index (χ4n) is 4.06. The van der Waals surface area contributed by atoms with Gasteiger partial charge in [-0.25, -0.2) is 9.59 Å². The van der Waals surface area contributed by atoms with Crippen LogP contribution in [0.3, 0.4) is 0 Å². The van der Waals surface area contributed by atoms with E-state index >= 15 is 0 Å². The van der Waals surface area contributed by atoms with Crippen molar-refractivity contribution >= 4 is 18.0 Å². The van der Waals surface area contributed by atoms with Gasteiger partial charge in [0.05, 0.1) is 18.4 Å². The molecule has 3 N–H and O–H groups in total. The number of aromatic carboxylic acids is 1. The average molecular weight is 448 g/mol. The summed E-state index contributed by atoms with van der Waals surface area (Å²) in [5.41, 5.74) is 4.82. The van der Waals surface area contributed by atoms with E-state index in [9.17, 15) is 19.5 Å². The molecule has 2 aromatic carbocycles. The number of benzene rings is 2. The predicted molar refractivity (Wildman–Crippen MR) is 120 cm³/mol. The molecular weight excluding hydrogens is 424 g/mol. The zero-order valence-electron chi connectivity index (χ0n) is 18.2. The number of fused-ring (bicyclic) bond motifs is 3. The van der Waals surface area contributed by atoms with E-state index in [-0.39, 0.29) is 24.6 Å². The van der Waals surface area contributed by atoms with E-state index in [1.54, 1.807) is 7.05 Å². The quantitative estimate of drug-likeness (QED) is 0.511. The molecule has 0 saturated carbocycles. The number of rotatable bonds is 7. The predicted octanol–water partition coefficient (Wildman–Crippen LogP) is 2.66. The molecule has 1 atom stereocenters. The molecule has 170 valence electrons. The highest BCUT2D eigenvalue weighted by Gasteiger charge is 2.29. The van der Waals surface area contributed by atoms with E-state index < -0.39 is 24.0 Å². The molecule has 9 nitrogen and oxygen atoms in total. The van der Waals surface area contributed by atoms with Crippen LogP contribution in [0.5, 0.6) is 0 Å². The van der Waals surface area contributed by atoms with Crippen LogP contribution < -0.4 is 10.6 Å². The van der Waals surface area contributed by atoms with Gasteiger partial charge in [-0.1, -0.05) is 48.5 Å². The van der Waals surface area contributed by atoms with Gasteiger partial charge >= 0.3 is 12.1 Å². The molecule has 1 heterocycles. The standard InChI is InChI=1S/C24H24N4O5/c1-14(22(29)25-12-21-19(23(30)31)11-26-28(21)2)27-24(32)33-13-20-17-9-5-3-7-15(17)16-8-4-6-10-18(16)20/h3-11,14,20H,12-13H2,1-2H3,(H,25,29)(H,27,32)(H,30,31)/t14-/m0/s1. The van der Waals surface area contributed by atoms with Gasteiger partial charge in [0.1, 0.15) is 18.2 Å². The summed E-state index contributed by atoms with van der Waals surface area (Å²) in [7, 11) is 1.59. The third-order valence-electron chi connectivity index (χ3n) is 5.79. The molecule has 0 spiro atoms. The summed E-state index contributed by atoms with van der Waals surface area (Å²) >= 11 is 0. The minimum Gasteiger partial charge on any atom is -0.478 e. The zero-order valence-corrected chi connectivity index (χ0v) is 18.2. The molecule has 1 aliphatic carbocycles. The van der Waals surface area contributed by atoms with E-state index in [1.807, 2.05) is 36.4 Å². The third-order valence-corrected chi connectivity index (χ3v) is 5.79. The highest BCUT2D eigenvalue weighted by Crippen LogP contribution is 2.44. The highest BCUT2D eigenvalue weighted by molar-refractivity contribution is 5.89. The molecule has 33 heavy (non-hydrogen) atoms. The lowest BCUT2D eigenvalue weighted by Gasteiger charge is -2.17. The van der Waals surface area contributed by atoms with Crippen LogP contribution in [0.15, 0.2) is 54.7 Å². The molecule has 0 unspecified atom stereocenters. The summed E-state index contributed by atoms with van der Waals surface area (Å²) < 4.78 is 6.84. The van der Waals surface area contributed by atoms with Crippen molar-refractivity contribution in [1.29, 1.82) is 0 Å². The Hall–Kier alpha value is -4.14. The van der Waals surface area contributed by atoms with Gasteiger partial charge in [-0.15, -0.1) is 0 Å². The highest BCUT2D eigenvalue weighted by atomic mass is 16.5. The number of carboxylic acid groups (broad SMARTS) is 1. The van der Waals surface area contributed by atoms with Crippen molar-refractivity contribution in [2.75, 3.05) is 6.61 Å². The van der Waals surface area contributed by atoms with E-state index in [1.165, 1.54) is 17.8 Å². The summed E-state index contributed by atoms with van der Waals surface area (Å²) in [4.78, 5) is 36.0. The van der Waals surface area contributed by atoms with Crippen LogP contribution in [0.25, 0.3) is 11.1 Å². The minimum absolute atomic E-state index is 0.00921. The zero-order chi connectivity index (χ0) is 23.5. The Morgan fingerprint density at radius 1 is 1.09 bits per heavy atom. The number of ether oxygens (including phenoxy) is 1. The molecule has 4 rings (SSSR count). The Balaban J connectivity index is 1.33. The molecule has 9 heteroatoms. The van der Waals surface area contributed by atoms with Gasteiger partial charge in [-0.3, -0.25) is 9.48 Å². The van der Waals surface area contributed by atoms with Crippen molar-refractivity contribution in [2.45, 2.75) is 25.4 Å². The number of carbonyl (C=O) groups excluding carboxylic acids is 2. The Morgan fingerprint density at radius 3 is 2.30 bits per heavy atom. The maximum atomic E-state index is 12.4. The van der Waals surface area contributed by atoms with Crippen LogP contribution >= 0.6 is 0 Å². The SMILES string of the molecule is C[C@H](NC(=O)OCC1c2ccccc2-c2ccccc21)C(=O)NCc1c(C(=O)O)cnn1C. The summed E-state index contributed by atoms with van der Waals surface area (Å²) in [6, 6.07) is 15.2. The summed E-state index contributed by atoms with van der Waals surface area (Å²) in [6.45, 7) is 1.64. The number of carboxylic acids is 1. The van der Waals surface area contributed by atoms with Crippen molar-refractivity contribution in [1.82, 2.24) is 20.4 Å². The monoisotopic (exact) mass is 448 g/mol. The van der Waals surface area contributed by atoms with Crippen molar-refractivity contribution in [3.63, 3.8) is 0 Å². The first-order valence-corrected chi connectivity index (χ1v) is 10.5. The molecule has 1 aromatic heterocycles. The molecule has 0 bridgehead atoms. The summed E-state index contributed by atoms with van der Waals surface area (Å²) in [5, 5.41) is 18.2. The van der Waals surface area contributed by atoms with Crippen LogP contribution in [0, 0.1) is 0 Å². The minimum atomic E-state index is -1.13. The molecule has 0 aliphatic heterocycles. The number of nitrogens with one attached hydrogen (secondary N) is 2. The third kappa shape index (κ3) is 4.43. The van der Waals surface area contributed by atoms with Gasteiger partial charge in [0.15, 0.2) is 0 Å². The number of hydrogen-bond acceptors (Lipinski definition) is 5. The molecule has 1 aliphatic rings. The average Bonchev–Trinajstić information content (AvgIpc) is 3.33. The summed E-state index contributed by atoms with van der Waals surface area (Å²) in [5.74, 6) is -1.68. The van der Waals surface area contributed by atoms with Gasteiger partial charge in [-0.05, 0) is 29.2 Å². The Labute approximate surface area is 190 Å². The van der Waals surface area contributed by atoms with Gasteiger partial charge in [0.25, 0.3) is 0 Å². The van der Waals surface area contributed by atoms with E-state index in [4.69, 9.17) is 4.74 Å². The number of hydrogen-bond donors (Lipinski definition) is 3. The van der Waals surface area contributed by atoms with Crippen molar-refractivity contribution < 1.29 is 24.2 Å². The second-order valence-electron chi connectivity index (χ2n) is 7.84. The molecule has 0 fully saturated rings. The van der Waals surface area contributed by atoms with Gasteiger partial charge in [0, 0.05) is 13.0 Å². The van der Waals surface area contributed by atoms with Gasteiger partial charge < -0.3 is 20.5 Å². The van der Waals surface area contributed by atoms with Crippen LogP contribution in [0.1, 0.15) is 40.0 Å². The number of amides is 2. The van der Waals surface area contributed by atoms with Crippen molar-refractivity contribution in [3.05, 3.63) is 77.1 Å². The van der Waals surface area contributed by atoms with E-state index in [0.29, 0.717) is 5.69 Å². The second kappa shape index (κ2) is 9.15. The lowest BCUT2D eigenvalue weighted by Crippen LogP contribution is -2.45. The van der Waals surface area contributed by atoms with Gasteiger partial charge in [-0.2, -0.15) is 5.10 Å². The lowest BCUT2D eigenvalue weighted by atomic mass is 9.98. The Kier molecular flexibility index (Phi) is 6.12. The smallest absolute Gasteiger partial charge is 0.407 e. The Bertz CT molecular complexity index is 1170. The van der Waals surface area contributed by atoms with E-state index in [2.05, 4.69) is 27.9 Å². The Morgan fingerprint density at radius 2 is 1.70 bits per heavy atom. The van der Waals surface area contributed by atoms with E-state index in [0.717, 1.165) is 22.3 Å². The number of carbonyl (C=O) groups is 3. The first kappa shape index (κ1) is 22.1. The number of aryl methyl sites for hydroxylation is 1.